The number of nitrogens with one attached hydrogen (secondary N) is 2. The minimum Gasteiger partial charge on any atom is -0.484 e. The fraction of sp³-hybridized carbons (Fsp3) is 0.176. The molecule has 28 heavy (non-hydrogen) atoms. The van der Waals surface area contributed by atoms with E-state index in [1.165, 1.54) is 6.07 Å². The molecule has 0 bridgehead atoms. The standard InChI is InChI=1S/C17H12F6N2O3/c18-16(19,20)11-4-1-3-10(7-11)15(27)25-24-14(26)9-28-13-6-2-5-12(8-13)17(21,22)23/h1-8H,9H2,(H,24,26)(H,25,27). The highest BCUT2D eigenvalue weighted by Crippen LogP contribution is 2.31. The summed E-state index contributed by atoms with van der Waals surface area (Å²) in [5.74, 6) is -2.18. The first-order valence-electron chi connectivity index (χ1n) is 7.53. The molecule has 2 amide bonds. The number of carbonyl (C=O) groups is 2. The Bertz CT molecular complexity index is 864. The Morgan fingerprint density at radius 2 is 1.39 bits per heavy atom. The van der Waals surface area contributed by atoms with E-state index < -0.39 is 41.9 Å². The van der Waals surface area contributed by atoms with Gasteiger partial charge in [0, 0.05) is 5.56 Å². The van der Waals surface area contributed by atoms with Gasteiger partial charge in [-0.3, -0.25) is 20.4 Å². The smallest absolute Gasteiger partial charge is 0.416 e. The van der Waals surface area contributed by atoms with Gasteiger partial charge in [0.05, 0.1) is 11.1 Å². The average molecular weight is 406 g/mol. The van der Waals surface area contributed by atoms with Crippen molar-refractivity contribution in [2.75, 3.05) is 6.61 Å². The summed E-state index contributed by atoms with van der Waals surface area (Å²) in [5, 5.41) is 0. The molecule has 11 heteroatoms. The molecule has 0 saturated heterocycles. The van der Waals surface area contributed by atoms with Crippen LogP contribution in [0.5, 0.6) is 5.75 Å². The van der Waals surface area contributed by atoms with Gasteiger partial charge < -0.3 is 4.74 Å². The van der Waals surface area contributed by atoms with E-state index in [1.54, 1.807) is 0 Å². The van der Waals surface area contributed by atoms with Gasteiger partial charge in [-0.25, -0.2) is 0 Å². The molecule has 0 atom stereocenters. The van der Waals surface area contributed by atoms with Gasteiger partial charge in [-0.15, -0.1) is 0 Å². The average Bonchev–Trinajstić information content (AvgIpc) is 2.63. The van der Waals surface area contributed by atoms with Crippen molar-refractivity contribution in [2.24, 2.45) is 0 Å². The largest absolute Gasteiger partial charge is 0.484 e. The molecule has 0 unspecified atom stereocenters. The molecule has 150 valence electrons. The number of alkyl halides is 6. The van der Waals surface area contributed by atoms with Crippen molar-refractivity contribution in [3.8, 4) is 5.75 Å². The lowest BCUT2D eigenvalue weighted by Gasteiger charge is -2.11. The lowest BCUT2D eigenvalue weighted by atomic mass is 10.1. The molecule has 2 aromatic rings. The van der Waals surface area contributed by atoms with E-state index in [9.17, 15) is 35.9 Å². The maximum atomic E-state index is 12.6. The van der Waals surface area contributed by atoms with Crippen LogP contribution in [0.15, 0.2) is 48.5 Å². The third-order valence-electron chi connectivity index (χ3n) is 3.30. The van der Waals surface area contributed by atoms with Crippen molar-refractivity contribution in [1.29, 1.82) is 0 Å². The van der Waals surface area contributed by atoms with Gasteiger partial charge in [-0.05, 0) is 36.4 Å². The number of ether oxygens (including phenoxy) is 1. The van der Waals surface area contributed by atoms with E-state index in [1.807, 2.05) is 10.9 Å². The van der Waals surface area contributed by atoms with Gasteiger partial charge in [0.25, 0.3) is 11.8 Å². The van der Waals surface area contributed by atoms with E-state index >= 15 is 0 Å². The number of hydrogen-bond acceptors (Lipinski definition) is 3. The highest BCUT2D eigenvalue weighted by molar-refractivity contribution is 5.95. The Balaban J connectivity index is 1.88. The predicted octanol–water partition coefficient (Wildman–Crippen LogP) is 3.56. The third-order valence-corrected chi connectivity index (χ3v) is 3.30. The monoisotopic (exact) mass is 406 g/mol. The molecule has 0 saturated carbocycles. The molecule has 0 spiro atoms. The Kier molecular flexibility index (Phi) is 6.16. The number of halogens is 6. The van der Waals surface area contributed by atoms with Crippen molar-refractivity contribution in [1.82, 2.24) is 10.9 Å². The summed E-state index contributed by atoms with van der Waals surface area (Å²) in [7, 11) is 0. The summed E-state index contributed by atoms with van der Waals surface area (Å²) >= 11 is 0. The maximum Gasteiger partial charge on any atom is 0.416 e. The zero-order chi connectivity index (χ0) is 20.9. The lowest BCUT2D eigenvalue weighted by Crippen LogP contribution is -2.43. The summed E-state index contributed by atoms with van der Waals surface area (Å²) in [4.78, 5) is 23.4. The zero-order valence-electron chi connectivity index (χ0n) is 13.8. The molecule has 0 aliphatic carbocycles. The van der Waals surface area contributed by atoms with Crippen LogP contribution in [0.4, 0.5) is 26.3 Å². The number of hydrazine groups is 1. The van der Waals surface area contributed by atoms with Gasteiger partial charge in [0.2, 0.25) is 0 Å². The summed E-state index contributed by atoms with van der Waals surface area (Å²) in [6.07, 6.45) is -9.22. The Morgan fingerprint density at radius 1 is 0.821 bits per heavy atom. The second-order valence-corrected chi connectivity index (χ2v) is 5.40. The van der Waals surface area contributed by atoms with Gasteiger partial charge in [-0.2, -0.15) is 26.3 Å². The van der Waals surface area contributed by atoms with Crippen molar-refractivity contribution in [2.45, 2.75) is 12.4 Å². The molecule has 2 N–H and O–H groups in total. The van der Waals surface area contributed by atoms with Crippen LogP contribution in [-0.2, 0) is 17.1 Å². The molecule has 2 rings (SSSR count). The van der Waals surface area contributed by atoms with Crippen LogP contribution in [0.1, 0.15) is 21.5 Å². The van der Waals surface area contributed by atoms with Gasteiger partial charge in [0.1, 0.15) is 5.75 Å². The molecular formula is C17H12F6N2O3. The summed E-state index contributed by atoms with van der Waals surface area (Å²) in [6, 6.07) is 7.30. The van der Waals surface area contributed by atoms with Crippen LogP contribution in [0.25, 0.3) is 0 Å². The Hall–Kier alpha value is -3.24. The first kappa shape index (κ1) is 21.1. The lowest BCUT2D eigenvalue weighted by molar-refractivity contribution is -0.138. The fourth-order valence-corrected chi connectivity index (χ4v) is 1.98. The van der Waals surface area contributed by atoms with E-state index in [-0.39, 0.29) is 11.3 Å². The SMILES string of the molecule is O=C(COc1cccc(C(F)(F)F)c1)NNC(=O)c1cccc(C(F)(F)F)c1. The number of amides is 2. The van der Waals surface area contributed by atoms with Crippen LogP contribution in [-0.4, -0.2) is 18.4 Å². The quantitative estimate of drug-likeness (QED) is 0.603. The van der Waals surface area contributed by atoms with Gasteiger partial charge in [-0.1, -0.05) is 12.1 Å². The molecule has 0 radical (unpaired) electrons. The number of rotatable bonds is 4. The zero-order valence-corrected chi connectivity index (χ0v) is 13.8. The van der Waals surface area contributed by atoms with Crippen LogP contribution in [0.3, 0.4) is 0 Å². The summed E-state index contributed by atoms with van der Waals surface area (Å²) < 4.78 is 80.5. The molecule has 0 aliphatic rings. The van der Waals surface area contributed by atoms with Gasteiger partial charge in [0.15, 0.2) is 6.61 Å². The first-order chi connectivity index (χ1) is 13.0. The number of carbonyl (C=O) groups excluding carboxylic acids is 2. The van der Waals surface area contributed by atoms with E-state index in [0.717, 1.165) is 30.3 Å². The first-order valence-corrected chi connectivity index (χ1v) is 7.53. The minimum atomic E-state index is -4.64. The minimum absolute atomic E-state index is 0.228. The fourth-order valence-electron chi connectivity index (χ4n) is 1.98. The third kappa shape index (κ3) is 5.89. The van der Waals surface area contributed by atoms with E-state index in [2.05, 4.69) is 0 Å². The van der Waals surface area contributed by atoms with Crippen molar-refractivity contribution in [3.05, 3.63) is 65.2 Å². The predicted molar refractivity (Wildman–Crippen MR) is 84.0 cm³/mol. The maximum absolute atomic E-state index is 12.6. The van der Waals surface area contributed by atoms with E-state index in [0.29, 0.717) is 12.1 Å². The Morgan fingerprint density at radius 3 is 2.00 bits per heavy atom. The summed E-state index contributed by atoms with van der Waals surface area (Å²) in [5.41, 5.74) is 1.41. The van der Waals surface area contributed by atoms with Crippen LogP contribution in [0, 0.1) is 0 Å². The van der Waals surface area contributed by atoms with Crippen molar-refractivity contribution >= 4 is 11.8 Å². The molecule has 0 heterocycles. The molecule has 0 aromatic heterocycles. The van der Waals surface area contributed by atoms with Crippen LogP contribution >= 0.6 is 0 Å². The molecule has 0 aliphatic heterocycles. The Labute approximate surface area is 154 Å². The van der Waals surface area contributed by atoms with Crippen LogP contribution in [0.2, 0.25) is 0 Å². The topological polar surface area (TPSA) is 67.4 Å². The van der Waals surface area contributed by atoms with Gasteiger partial charge >= 0.3 is 12.4 Å². The van der Waals surface area contributed by atoms with Crippen molar-refractivity contribution in [3.63, 3.8) is 0 Å². The van der Waals surface area contributed by atoms with Crippen LogP contribution < -0.4 is 15.6 Å². The van der Waals surface area contributed by atoms with E-state index in [4.69, 9.17) is 4.74 Å². The number of benzene rings is 2. The second kappa shape index (κ2) is 8.19. The van der Waals surface area contributed by atoms with Crippen molar-refractivity contribution < 1.29 is 40.7 Å². The molecular weight excluding hydrogens is 394 g/mol. The second-order valence-electron chi connectivity index (χ2n) is 5.40. The molecule has 5 nitrogen and oxygen atoms in total. The molecule has 0 fully saturated rings. The molecule has 2 aromatic carbocycles. The normalized spacial score (nSPS) is 11.6. The highest BCUT2D eigenvalue weighted by Gasteiger charge is 2.31. The highest BCUT2D eigenvalue weighted by atomic mass is 19.4. The number of hydrogen-bond donors (Lipinski definition) is 2. The summed E-state index contributed by atoms with van der Waals surface area (Å²) in [6.45, 7) is -0.732.